The van der Waals surface area contributed by atoms with Crippen molar-refractivity contribution in [2.45, 2.75) is 4.22 Å². The molecule has 0 aliphatic heterocycles. The van der Waals surface area contributed by atoms with E-state index in [2.05, 4.69) is 44.7 Å². The maximum atomic E-state index is 2.17. The molecule has 4 heteroatoms. The van der Waals surface area contributed by atoms with Gasteiger partial charge in [-0.2, -0.15) is 0 Å². The summed E-state index contributed by atoms with van der Waals surface area (Å²) in [5.41, 5.74) is 0. The van der Waals surface area contributed by atoms with Gasteiger partial charge in [0.05, 0.1) is 0 Å². The quantitative estimate of drug-likeness (QED) is 0.355. The first-order chi connectivity index (χ1) is 2.89. The van der Waals surface area contributed by atoms with Crippen LogP contribution in [0.5, 0.6) is 0 Å². The molecule has 50 valence electrons. The van der Waals surface area contributed by atoms with Crippen LogP contribution in [0, 0.1) is 0 Å². The second-order valence-electron chi connectivity index (χ2n) is 1.30. The minimum absolute atomic E-state index is 0. The molecule has 1 aliphatic carbocycles. The molecule has 0 nitrogen and oxygen atoms in total. The Balaban J connectivity index is -0.000000120. The van der Waals surface area contributed by atoms with Gasteiger partial charge in [0.15, 0.2) is 0 Å². The fourth-order valence-corrected chi connectivity index (χ4v) is 0.779. The van der Waals surface area contributed by atoms with Crippen LogP contribution in [-0.2, 0) is 20.4 Å². The van der Waals surface area contributed by atoms with Crippen molar-refractivity contribution in [2.24, 2.45) is 0 Å². The van der Waals surface area contributed by atoms with E-state index < -0.39 is 0 Å². The Morgan fingerprint density at radius 1 is 0.889 bits per heavy atom. The Kier molecular flexibility index (Phi) is 16.7. The molecule has 0 heterocycles. The van der Waals surface area contributed by atoms with Crippen LogP contribution in [0.15, 0.2) is 24.3 Å². The van der Waals surface area contributed by atoms with Gasteiger partial charge in [-0.1, -0.05) is 0 Å². The molecule has 0 saturated carbocycles. The van der Waals surface area contributed by atoms with E-state index in [0.29, 0.717) is 4.22 Å². The molecular formula is C5H5Cl3Ti. The molecule has 9 heavy (non-hydrogen) atoms. The molecule has 0 saturated heterocycles. The van der Waals surface area contributed by atoms with Crippen LogP contribution in [-0.4, -0.2) is 0 Å². The predicted molar refractivity (Wildman–Crippen MR) is 22.0 cm³/mol. The van der Waals surface area contributed by atoms with E-state index in [9.17, 15) is 0 Å². The molecule has 0 aromatic carbocycles. The summed E-state index contributed by atoms with van der Waals surface area (Å²) in [6.07, 6.45) is 8.48. The Hall–Kier alpha value is 1.06. The molecule has 0 amide bonds. The molecule has 0 bridgehead atoms. The molecule has 0 spiro atoms. The summed E-state index contributed by atoms with van der Waals surface area (Å²) in [6.45, 7) is 0. The molecular weight excluding hydrogens is 214 g/mol. The van der Waals surface area contributed by atoms with Crippen molar-refractivity contribution in [3.05, 3.63) is 24.3 Å². The number of hydrogen-bond acceptors (Lipinski definition) is 0. The van der Waals surface area contributed by atoms with Gasteiger partial charge < -0.3 is 37.2 Å². The number of halogens is 3. The summed E-state index contributed by atoms with van der Waals surface area (Å²) in [6, 6.07) is 0. The van der Waals surface area contributed by atoms with Crippen molar-refractivity contribution in [3.8, 4) is 0 Å². The topological polar surface area (TPSA) is 0 Å². The van der Waals surface area contributed by atoms with Crippen LogP contribution >= 0.6 is 0 Å². The van der Waals surface area contributed by atoms with Gasteiger partial charge in [-0.25, -0.2) is 0 Å². The number of allylic oxidation sites excluding steroid dienone is 4. The van der Waals surface area contributed by atoms with Gasteiger partial charge in [-0.05, 0) is 0 Å². The summed E-state index contributed by atoms with van der Waals surface area (Å²) in [5, 5.41) is 0. The van der Waals surface area contributed by atoms with Crippen LogP contribution in [0.25, 0.3) is 0 Å². The average Bonchev–Trinajstić information content (AvgIpc) is 1.86. The van der Waals surface area contributed by atoms with E-state index in [1.165, 1.54) is 0 Å². The first kappa shape index (κ1) is 16.6. The van der Waals surface area contributed by atoms with Crippen molar-refractivity contribution in [1.29, 1.82) is 0 Å². The third kappa shape index (κ3) is 6.96. The third-order valence-corrected chi connectivity index (χ3v) is 1.35. The van der Waals surface area contributed by atoms with E-state index in [4.69, 9.17) is 0 Å². The van der Waals surface area contributed by atoms with Gasteiger partial charge in [0, 0.05) is 0 Å². The Labute approximate surface area is 85.8 Å². The fraction of sp³-hybridized carbons (Fsp3) is 0.200. The second kappa shape index (κ2) is 9.06. The van der Waals surface area contributed by atoms with Crippen LogP contribution in [0.1, 0.15) is 0 Å². The molecule has 0 fully saturated rings. The van der Waals surface area contributed by atoms with Gasteiger partial charge >= 0.3 is 49.0 Å². The molecule has 0 aromatic heterocycles. The average molecular weight is 219 g/mol. The van der Waals surface area contributed by atoms with Crippen molar-refractivity contribution >= 4 is 0 Å². The fourth-order valence-electron chi connectivity index (χ4n) is 0.432. The molecule has 1 rings (SSSR count). The summed E-state index contributed by atoms with van der Waals surface area (Å²) in [7, 11) is 0. The van der Waals surface area contributed by atoms with Gasteiger partial charge in [0.1, 0.15) is 0 Å². The first-order valence-corrected chi connectivity index (χ1v) is 2.86. The van der Waals surface area contributed by atoms with Crippen LogP contribution in [0.2, 0.25) is 4.22 Å². The van der Waals surface area contributed by atoms with Crippen LogP contribution < -0.4 is 37.2 Å². The van der Waals surface area contributed by atoms with Crippen molar-refractivity contribution in [1.82, 2.24) is 0 Å². The molecule has 0 unspecified atom stereocenters. The Bertz CT molecular complexity index is 88.4. The Morgan fingerprint density at radius 2 is 1.22 bits per heavy atom. The first-order valence-electron chi connectivity index (χ1n) is 1.96. The van der Waals surface area contributed by atoms with Gasteiger partial charge in [-0.15, -0.1) is 0 Å². The van der Waals surface area contributed by atoms with E-state index in [1.54, 1.807) is 0 Å². The zero-order valence-corrected chi connectivity index (χ0v) is 8.35. The van der Waals surface area contributed by atoms with E-state index >= 15 is 0 Å². The molecule has 1 aliphatic rings. The van der Waals surface area contributed by atoms with E-state index in [1.807, 2.05) is 0 Å². The summed E-state index contributed by atoms with van der Waals surface area (Å²) in [4.78, 5) is 0. The normalized spacial score (nSPS) is 13.6. The van der Waals surface area contributed by atoms with Crippen molar-refractivity contribution in [3.63, 3.8) is 0 Å². The maximum absolute atomic E-state index is 2.17. The van der Waals surface area contributed by atoms with Crippen LogP contribution in [0.3, 0.4) is 0 Å². The standard InChI is InChI=1S/C5H5.3ClH.Ti/c1-2-4-5-3-1;;;;/h1-5H;3*1H;/q;;;;+3/p-3. The van der Waals surface area contributed by atoms with Crippen LogP contribution in [0.4, 0.5) is 0 Å². The molecule has 0 atom stereocenters. The van der Waals surface area contributed by atoms with E-state index in [-0.39, 0.29) is 37.2 Å². The minimum atomic E-state index is 0. The second-order valence-corrected chi connectivity index (χ2v) is 2.34. The summed E-state index contributed by atoms with van der Waals surface area (Å²) >= 11 is 2.17. The van der Waals surface area contributed by atoms with Gasteiger partial charge in [0.2, 0.25) is 0 Å². The summed E-state index contributed by atoms with van der Waals surface area (Å²) < 4.78 is 0.685. The zero-order valence-electron chi connectivity index (χ0n) is 4.52. The molecule has 0 radical (unpaired) electrons. The number of hydrogen-bond donors (Lipinski definition) is 0. The SMILES string of the molecule is [Cl-].[Cl-].[Cl-].[Ti+3][CH]1C=CC=C1. The van der Waals surface area contributed by atoms with Crippen molar-refractivity contribution < 1.29 is 57.7 Å². The summed E-state index contributed by atoms with van der Waals surface area (Å²) in [5.74, 6) is 0. The van der Waals surface area contributed by atoms with E-state index in [0.717, 1.165) is 0 Å². The molecule has 0 aromatic rings. The molecule has 0 N–H and O–H groups in total. The third-order valence-electron chi connectivity index (χ3n) is 0.748. The van der Waals surface area contributed by atoms with Gasteiger partial charge in [0.25, 0.3) is 0 Å². The zero-order chi connectivity index (χ0) is 4.41. The van der Waals surface area contributed by atoms with Gasteiger partial charge in [-0.3, -0.25) is 0 Å². The monoisotopic (exact) mass is 218 g/mol. The van der Waals surface area contributed by atoms with Crippen molar-refractivity contribution in [2.75, 3.05) is 0 Å². The predicted octanol–water partition coefficient (Wildman–Crippen LogP) is -7.54. The Morgan fingerprint density at radius 3 is 1.33 bits per heavy atom. The number of rotatable bonds is 0.